The summed E-state index contributed by atoms with van der Waals surface area (Å²) in [5.74, 6) is -3.72. The highest BCUT2D eigenvalue weighted by Gasteiger charge is 2.50. The van der Waals surface area contributed by atoms with Gasteiger partial charge >= 0.3 is 0 Å². The van der Waals surface area contributed by atoms with Crippen LogP contribution in [0.15, 0.2) is 42.5 Å². The molecule has 1 aliphatic heterocycles. The van der Waals surface area contributed by atoms with Crippen molar-refractivity contribution in [2.24, 2.45) is 0 Å². The number of carbonyl (C=O) groups is 1. The van der Waals surface area contributed by atoms with E-state index in [2.05, 4.69) is 0 Å². The van der Waals surface area contributed by atoms with Crippen LogP contribution in [0.5, 0.6) is 17.2 Å². The topological polar surface area (TPSA) is 96.2 Å². The molecule has 0 fully saturated rings. The number of rotatable bonds is 2. The molecule has 0 spiro atoms. The third-order valence-electron chi connectivity index (χ3n) is 3.57. The molecule has 0 aliphatic carbocycles. The Kier molecular flexibility index (Phi) is 3.27. The van der Waals surface area contributed by atoms with Crippen LogP contribution in [0.2, 0.25) is 0 Å². The van der Waals surface area contributed by atoms with Crippen molar-refractivity contribution in [2.75, 3.05) is 7.11 Å². The van der Waals surface area contributed by atoms with Crippen LogP contribution in [-0.2, 0) is 0 Å². The number of ether oxygens (including phenoxy) is 2. The molecule has 0 amide bonds. The van der Waals surface area contributed by atoms with E-state index in [-0.39, 0.29) is 22.8 Å². The summed E-state index contributed by atoms with van der Waals surface area (Å²) >= 11 is 0. The minimum absolute atomic E-state index is 0.0460. The average Bonchev–Trinajstić information content (AvgIpc) is 2.51. The van der Waals surface area contributed by atoms with Gasteiger partial charge in [-0.3, -0.25) is 4.79 Å². The summed E-state index contributed by atoms with van der Waals surface area (Å²) in [6, 6.07) is 10.8. The van der Waals surface area contributed by atoms with Gasteiger partial charge in [0.2, 0.25) is 5.78 Å². The molecule has 2 aromatic carbocycles. The van der Waals surface area contributed by atoms with Gasteiger partial charge in [-0.2, -0.15) is 0 Å². The molecule has 1 atom stereocenters. The number of ketones is 1. The number of hydrogen-bond acceptors (Lipinski definition) is 6. The first-order chi connectivity index (χ1) is 10.4. The van der Waals surface area contributed by atoms with Crippen molar-refractivity contribution in [2.45, 2.75) is 11.9 Å². The third kappa shape index (κ3) is 2.09. The van der Waals surface area contributed by atoms with E-state index in [4.69, 9.17) is 9.47 Å². The molecule has 0 radical (unpaired) electrons. The van der Waals surface area contributed by atoms with E-state index in [0.29, 0.717) is 5.56 Å². The lowest BCUT2D eigenvalue weighted by Crippen LogP contribution is -2.49. The first-order valence-electron chi connectivity index (χ1n) is 6.57. The van der Waals surface area contributed by atoms with E-state index in [9.17, 15) is 20.1 Å². The van der Waals surface area contributed by atoms with Crippen molar-refractivity contribution in [3.63, 3.8) is 0 Å². The van der Waals surface area contributed by atoms with Crippen molar-refractivity contribution in [1.82, 2.24) is 0 Å². The molecule has 0 saturated heterocycles. The molecular weight excluding hydrogens is 288 g/mol. The van der Waals surface area contributed by atoms with Crippen LogP contribution in [0, 0.1) is 0 Å². The summed E-state index contributed by atoms with van der Waals surface area (Å²) in [5, 5.41) is 30.2. The summed E-state index contributed by atoms with van der Waals surface area (Å²) < 4.78 is 10.5. The second kappa shape index (κ2) is 5.01. The lowest BCUT2D eigenvalue weighted by molar-refractivity contribution is -0.186. The maximum atomic E-state index is 12.4. The summed E-state index contributed by atoms with van der Waals surface area (Å²) in [6.45, 7) is 0. The number of fused-ring (bicyclic) bond motifs is 1. The Hall–Kier alpha value is -2.57. The molecule has 0 bridgehead atoms. The van der Waals surface area contributed by atoms with Crippen molar-refractivity contribution in [3.05, 3.63) is 53.6 Å². The standard InChI is InChI=1S/C16H14O6/c1-21-13-7-10-12(8-11(13)17)22-15(16(19,20)14(10)18)9-5-3-2-4-6-9/h2-8,15,17,19-20H,1H3. The second-order valence-electron chi connectivity index (χ2n) is 4.98. The van der Waals surface area contributed by atoms with Gasteiger partial charge in [0, 0.05) is 6.07 Å². The van der Waals surface area contributed by atoms with Gasteiger partial charge in [0.05, 0.1) is 12.7 Å². The second-order valence-corrected chi connectivity index (χ2v) is 4.98. The Bertz CT molecular complexity index is 723. The van der Waals surface area contributed by atoms with Crippen LogP contribution in [0.4, 0.5) is 0 Å². The minimum atomic E-state index is -2.71. The van der Waals surface area contributed by atoms with E-state index in [1.807, 2.05) is 0 Å². The normalized spacial score (nSPS) is 19.2. The number of phenolic OH excluding ortho intramolecular Hbond substituents is 1. The van der Waals surface area contributed by atoms with Gasteiger partial charge in [0.15, 0.2) is 17.6 Å². The predicted molar refractivity (Wildman–Crippen MR) is 76.0 cm³/mol. The van der Waals surface area contributed by atoms with Crippen LogP contribution in [-0.4, -0.2) is 34.0 Å². The number of Topliss-reactive ketones (excluding diaryl/α,β-unsaturated/α-hetero) is 1. The van der Waals surface area contributed by atoms with Crippen LogP contribution in [0.25, 0.3) is 0 Å². The molecule has 0 saturated carbocycles. The highest BCUT2D eigenvalue weighted by molar-refractivity contribution is 6.05. The molecule has 6 heteroatoms. The van der Waals surface area contributed by atoms with E-state index in [0.717, 1.165) is 0 Å². The van der Waals surface area contributed by atoms with Gasteiger partial charge in [-0.15, -0.1) is 0 Å². The zero-order valence-electron chi connectivity index (χ0n) is 11.7. The van der Waals surface area contributed by atoms with Crippen molar-refractivity contribution >= 4 is 5.78 Å². The summed E-state index contributed by atoms with van der Waals surface area (Å²) in [7, 11) is 1.33. The number of phenols is 1. The van der Waals surface area contributed by atoms with Crippen LogP contribution < -0.4 is 9.47 Å². The Morgan fingerprint density at radius 1 is 1.18 bits per heavy atom. The van der Waals surface area contributed by atoms with Crippen molar-refractivity contribution in [1.29, 1.82) is 0 Å². The molecule has 114 valence electrons. The molecule has 1 unspecified atom stereocenters. The van der Waals surface area contributed by atoms with Gasteiger partial charge in [-0.25, -0.2) is 0 Å². The quantitative estimate of drug-likeness (QED) is 0.726. The molecule has 2 aromatic rings. The van der Waals surface area contributed by atoms with E-state index < -0.39 is 17.7 Å². The van der Waals surface area contributed by atoms with Crippen LogP contribution in [0.1, 0.15) is 22.0 Å². The van der Waals surface area contributed by atoms with Gasteiger partial charge in [0.25, 0.3) is 5.79 Å². The molecule has 22 heavy (non-hydrogen) atoms. The smallest absolute Gasteiger partial charge is 0.271 e. The number of carbonyl (C=O) groups excluding carboxylic acids is 1. The molecule has 6 nitrogen and oxygen atoms in total. The predicted octanol–water partition coefficient (Wildman–Crippen LogP) is 1.40. The van der Waals surface area contributed by atoms with Gasteiger partial charge in [-0.1, -0.05) is 30.3 Å². The Balaban J connectivity index is 2.13. The van der Waals surface area contributed by atoms with Crippen molar-refractivity contribution < 1.29 is 29.6 Å². The highest BCUT2D eigenvalue weighted by Crippen LogP contribution is 2.44. The van der Waals surface area contributed by atoms with Crippen LogP contribution >= 0.6 is 0 Å². The fourth-order valence-corrected chi connectivity index (χ4v) is 2.44. The van der Waals surface area contributed by atoms with E-state index in [1.165, 1.54) is 19.2 Å². The minimum Gasteiger partial charge on any atom is -0.504 e. The van der Waals surface area contributed by atoms with Crippen LogP contribution in [0.3, 0.4) is 0 Å². The lowest BCUT2D eigenvalue weighted by Gasteiger charge is -2.35. The third-order valence-corrected chi connectivity index (χ3v) is 3.57. The molecule has 3 N–H and O–H groups in total. The summed E-state index contributed by atoms with van der Waals surface area (Å²) in [6.07, 6.45) is -1.29. The maximum Gasteiger partial charge on any atom is 0.271 e. The molecule has 0 aromatic heterocycles. The highest BCUT2D eigenvalue weighted by atomic mass is 16.6. The van der Waals surface area contributed by atoms with Gasteiger partial charge in [0.1, 0.15) is 5.75 Å². The number of aliphatic hydroxyl groups is 2. The monoisotopic (exact) mass is 302 g/mol. The molecule has 1 heterocycles. The molecule has 1 aliphatic rings. The fourth-order valence-electron chi connectivity index (χ4n) is 2.44. The number of methoxy groups -OCH3 is 1. The van der Waals surface area contributed by atoms with Gasteiger partial charge < -0.3 is 24.8 Å². The zero-order valence-corrected chi connectivity index (χ0v) is 11.7. The number of hydrogen-bond donors (Lipinski definition) is 3. The SMILES string of the molecule is COc1cc2c(cc1O)OC(c1ccccc1)C(O)(O)C2=O. The Morgan fingerprint density at radius 2 is 1.86 bits per heavy atom. The molecule has 3 rings (SSSR count). The largest absolute Gasteiger partial charge is 0.504 e. The summed E-state index contributed by atoms with van der Waals surface area (Å²) in [5.41, 5.74) is 0.369. The van der Waals surface area contributed by atoms with E-state index in [1.54, 1.807) is 30.3 Å². The van der Waals surface area contributed by atoms with Crippen molar-refractivity contribution in [3.8, 4) is 17.2 Å². The molecular formula is C16H14O6. The maximum absolute atomic E-state index is 12.4. The fraction of sp³-hybridized carbons (Fsp3) is 0.188. The lowest BCUT2D eigenvalue weighted by atomic mass is 9.90. The summed E-state index contributed by atoms with van der Waals surface area (Å²) in [4.78, 5) is 12.4. The first-order valence-corrected chi connectivity index (χ1v) is 6.57. The number of aromatic hydroxyl groups is 1. The Morgan fingerprint density at radius 3 is 2.50 bits per heavy atom. The zero-order chi connectivity index (χ0) is 15.9. The van der Waals surface area contributed by atoms with E-state index >= 15 is 0 Å². The Labute approximate surface area is 126 Å². The average molecular weight is 302 g/mol. The van der Waals surface area contributed by atoms with Gasteiger partial charge in [-0.05, 0) is 11.6 Å². The first kappa shape index (κ1) is 14.4. The number of benzene rings is 2.